The lowest BCUT2D eigenvalue weighted by Crippen LogP contribution is -2.37. The van der Waals surface area contributed by atoms with Crippen LogP contribution in [0.25, 0.3) is 0 Å². The molecule has 11 nitrogen and oxygen atoms in total. The Kier molecular flexibility index (Phi) is 13.9. The number of carboxylic acid groups (broad SMARTS) is 1. The van der Waals surface area contributed by atoms with E-state index < -0.39 is 12.1 Å². The number of hydrogen-bond acceptors (Lipinski definition) is 8. The summed E-state index contributed by atoms with van der Waals surface area (Å²) in [5, 5.41) is 10.3. The maximum absolute atomic E-state index is 14.2. The highest BCUT2D eigenvalue weighted by atomic mass is 19.4. The van der Waals surface area contributed by atoms with Gasteiger partial charge in [-0.25, -0.2) is 19.2 Å². The third-order valence-corrected chi connectivity index (χ3v) is 9.87. The number of nitrogens with zero attached hydrogens (tertiary/aromatic N) is 4. The van der Waals surface area contributed by atoms with E-state index in [4.69, 9.17) is 14.6 Å². The summed E-state index contributed by atoms with van der Waals surface area (Å²) in [6.45, 7) is 9.75. The molecule has 3 heterocycles. The molecule has 5 rings (SSSR count). The quantitative estimate of drug-likeness (QED) is 0.167. The van der Waals surface area contributed by atoms with Crippen LogP contribution in [-0.2, 0) is 19.1 Å². The number of esters is 1. The molecule has 3 aliphatic rings. The first-order valence-electron chi connectivity index (χ1n) is 17.5. The number of benzene rings is 1. The van der Waals surface area contributed by atoms with Gasteiger partial charge in [0, 0.05) is 45.1 Å². The maximum Gasteiger partial charge on any atom is 0.490 e. The van der Waals surface area contributed by atoms with Gasteiger partial charge in [-0.05, 0) is 75.5 Å². The van der Waals surface area contributed by atoms with Crippen LogP contribution in [0.1, 0.15) is 91.6 Å². The van der Waals surface area contributed by atoms with E-state index in [0.717, 1.165) is 44.5 Å². The van der Waals surface area contributed by atoms with E-state index in [-0.39, 0.29) is 41.7 Å². The lowest BCUT2D eigenvalue weighted by Gasteiger charge is -2.26. The predicted molar refractivity (Wildman–Crippen MR) is 178 cm³/mol. The number of aryl methyl sites for hydroxylation is 2. The number of fused-ring (bicyclic) bond motifs is 1. The molecule has 5 atom stereocenters. The summed E-state index contributed by atoms with van der Waals surface area (Å²) in [6, 6.07) is 6.14. The van der Waals surface area contributed by atoms with Crippen LogP contribution in [0, 0.1) is 37.4 Å². The van der Waals surface area contributed by atoms with Gasteiger partial charge in [0.05, 0.1) is 23.0 Å². The Hall–Kier alpha value is -4.14. The summed E-state index contributed by atoms with van der Waals surface area (Å²) in [6.07, 6.45) is 2.05. The number of hydrogen-bond donors (Lipinski definition) is 2. The minimum Gasteiger partial charge on any atom is -0.475 e. The van der Waals surface area contributed by atoms with Crippen molar-refractivity contribution in [2.75, 3.05) is 32.7 Å². The van der Waals surface area contributed by atoms with Gasteiger partial charge in [-0.3, -0.25) is 14.4 Å². The van der Waals surface area contributed by atoms with Crippen molar-refractivity contribution in [2.24, 2.45) is 17.8 Å². The fourth-order valence-electron chi connectivity index (χ4n) is 7.20. The highest BCUT2D eigenvalue weighted by molar-refractivity contribution is 5.96. The fourth-order valence-corrected chi connectivity index (χ4v) is 7.20. The van der Waals surface area contributed by atoms with Gasteiger partial charge in [0.15, 0.2) is 0 Å². The molecule has 2 aliphatic heterocycles. The standard InChI is InChI=1S/C34H46FN5O4.C2HF3O2/c1-4-5-6-10-31(41)44-29-12-11-25(16-29)33(42)38-30(24-8-7-9-28(35)15-24)13-14-39-17-26-19-40(20-27(26)18-39)34(43)32-22(2)36-21-37-23(32)3;3-2(4,5)1(6)7/h7-9,15,21,25-27,29-30H,4-6,10-14,16-20H2,1-3H3,(H,38,42);(H,6,7)/t25-,26?,27?,29-,30+;/m1./s1. The SMILES string of the molecule is CCCCCC(=O)O[C@@H]1CC[C@@H](C(=O)N[C@@H](CCN2CC3CN(C(=O)c4c(C)ncnc4C)CC3C2)c2cccc(F)c2)C1.O=C(O)C(F)(F)F. The van der Waals surface area contributed by atoms with Crippen molar-refractivity contribution in [3.63, 3.8) is 0 Å². The molecule has 0 radical (unpaired) electrons. The number of ether oxygens (including phenoxy) is 1. The molecule has 2 amide bonds. The maximum atomic E-state index is 14.2. The molecule has 2 unspecified atom stereocenters. The zero-order valence-corrected chi connectivity index (χ0v) is 29.3. The molecule has 280 valence electrons. The largest absolute Gasteiger partial charge is 0.490 e. The first-order chi connectivity index (χ1) is 24.2. The molecule has 1 aromatic carbocycles. The molecule has 51 heavy (non-hydrogen) atoms. The molecule has 1 saturated carbocycles. The van der Waals surface area contributed by atoms with E-state index in [1.54, 1.807) is 6.07 Å². The number of aromatic nitrogens is 2. The zero-order valence-electron chi connectivity index (χ0n) is 29.3. The summed E-state index contributed by atoms with van der Waals surface area (Å²) >= 11 is 0. The number of likely N-dealkylation sites (tertiary alicyclic amines) is 2. The Balaban J connectivity index is 0.000000755. The van der Waals surface area contributed by atoms with Crippen LogP contribution in [0.4, 0.5) is 17.6 Å². The second kappa shape index (κ2) is 17.9. The summed E-state index contributed by atoms with van der Waals surface area (Å²) in [4.78, 5) is 60.5. The first kappa shape index (κ1) is 39.6. The fraction of sp³-hybridized carbons (Fsp3) is 0.611. The van der Waals surface area contributed by atoms with Crippen LogP contribution in [0.2, 0.25) is 0 Å². The topological polar surface area (TPSA) is 142 Å². The highest BCUT2D eigenvalue weighted by Gasteiger charge is 2.42. The van der Waals surface area contributed by atoms with Crippen molar-refractivity contribution in [1.82, 2.24) is 25.1 Å². The molecule has 0 spiro atoms. The molecular formula is C36H47F4N5O6. The number of halogens is 4. The van der Waals surface area contributed by atoms with Crippen LogP contribution in [0.15, 0.2) is 30.6 Å². The van der Waals surface area contributed by atoms with Crippen LogP contribution in [-0.4, -0.2) is 93.6 Å². The molecule has 0 bridgehead atoms. The van der Waals surface area contributed by atoms with Gasteiger partial charge in [0.25, 0.3) is 5.91 Å². The molecule has 2 aromatic rings. The molecule has 3 fully saturated rings. The highest BCUT2D eigenvalue weighted by Crippen LogP contribution is 2.34. The lowest BCUT2D eigenvalue weighted by atomic mass is 10.0. The summed E-state index contributed by atoms with van der Waals surface area (Å²) in [5.41, 5.74) is 2.78. The smallest absolute Gasteiger partial charge is 0.475 e. The normalized spacial score (nSPS) is 22.1. The van der Waals surface area contributed by atoms with E-state index in [1.165, 1.54) is 18.5 Å². The van der Waals surface area contributed by atoms with Crippen molar-refractivity contribution >= 4 is 23.8 Å². The predicted octanol–water partition coefficient (Wildman–Crippen LogP) is 5.41. The van der Waals surface area contributed by atoms with Crippen LogP contribution >= 0.6 is 0 Å². The van der Waals surface area contributed by atoms with E-state index in [2.05, 4.69) is 27.1 Å². The number of alkyl halides is 3. The summed E-state index contributed by atoms with van der Waals surface area (Å²) in [5.74, 6) is -2.75. The Bertz CT molecular complexity index is 1510. The Labute approximate surface area is 295 Å². The monoisotopic (exact) mass is 721 g/mol. The van der Waals surface area contributed by atoms with Gasteiger partial charge in [-0.1, -0.05) is 31.9 Å². The number of rotatable bonds is 12. The molecule has 1 aliphatic carbocycles. The molecule has 15 heteroatoms. The Morgan fingerprint density at radius 1 is 1.02 bits per heavy atom. The Morgan fingerprint density at radius 3 is 2.25 bits per heavy atom. The third-order valence-electron chi connectivity index (χ3n) is 9.87. The minimum atomic E-state index is -5.08. The van der Waals surface area contributed by atoms with Crippen molar-refractivity contribution in [2.45, 2.75) is 90.5 Å². The molecule has 2 N–H and O–H groups in total. The van der Waals surface area contributed by atoms with Crippen molar-refractivity contribution < 1.29 is 46.6 Å². The second-order valence-electron chi connectivity index (χ2n) is 13.7. The lowest BCUT2D eigenvalue weighted by molar-refractivity contribution is -0.192. The van der Waals surface area contributed by atoms with E-state index >= 15 is 0 Å². The number of carbonyl (C=O) groups is 4. The molecule has 1 aromatic heterocycles. The average molecular weight is 722 g/mol. The second-order valence-corrected chi connectivity index (χ2v) is 13.7. The van der Waals surface area contributed by atoms with Gasteiger partial charge < -0.3 is 25.0 Å². The third kappa shape index (κ3) is 11.2. The van der Waals surface area contributed by atoms with Gasteiger partial charge >= 0.3 is 18.1 Å². The first-order valence-corrected chi connectivity index (χ1v) is 17.5. The summed E-state index contributed by atoms with van der Waals surface area (Å²) < 4.78 is 51.6. The van der Waals surface area contributed by atoms with Crippen molar-refractivity contribution in [1.29, 1.82) is 0 Å². The number of amides is 2. The number of carboxylic acids is 1. The van der Waals surface area contributed by atoms with E-state index in [0.29, 0.717) is 74.0 Å². The van der Waals surface area contributed by atoms with Crippen LogP contribution in [0.3, 0.4) is 0 Å². The van der Waals surface area contributed by atoms with Gasteiger partial charge in [0.1, 0.15) is 18.2 Å². The van der Waals surface area contributed by atoms with Gasteiger partial charge in [-0.15, -0.1) is 0 Å². The van der Waals surface area contributed by atoms with E-state index in [1.807, 2.05) is 24.8 Å². The number of nitrogens with one attached hydrogen (secondary N) is 1. The number of carbonyl (C=O) groups excluding carboxylic acids is 3. The number of unbranched alkanes of at least 4 members (excludes halogenated alkanes) is 2. The van der Waals surface area contributed by atoms with Crippen LogP contribution in [0.5, 0.6) is 0 Å². The van der Waals surface area contributed by atoms with Crippen molar-refractivity contribution in [3.05, 3.63) is 58.9 Å². The summed E-state index contributed by atoms with van der Waals surface area (Å²) in [7, 11) is 0. The molecular weight excluding hydrogens is 674 g/mol. The molecule has 2 saturated heterocycles. The zero-order chi connectivity index (χ0) is 37.3. The van der Waals surface area contributed by atoms with E-state index in [9.17, 15) is 31.9 Å². The average Bonchev–Trinajstić information content (AvgIpc) is 3.79. The Morgan fingerprint density at radius 2 is 1.67 bits per heavy atom. The van der Waals surface area contributed by atoms with Crippen LogP contribution < -0.4 is 5.32 Å². The van der Waals surface area contributed by atoms with Gasteiger partial charge in [0.2, 0.25) is 5.91 Å². The number of aliphatic carboxylic acids is 1. The van der Waals surface area contributed by atoms with Crippen molar-refractivity contribution in [3.8, 4) is 0 Å². The minimum absolute atomic E-state index is 0.0100. The van der Waals surface area contributed by atoms with Gasteiger partial charge in [-0.2, -0.15) is 13.2 Å².